The molecule has 0 amide bonds. The molecule has 0 unspecified atom stereocenters. The van der Waals surface area contributed by atoms with Crippen molar-refractivity contribution in [2.75, 3.05) is 39.5 Å². The molecule has 6 heteroatoms. The fraction of sp³-hybridized carbons (Fsp3) is 0.538. The summed E-state index contributed by atoms with van der Waals surface area (Å²) >= 11 is 3.30. The lowest BCUT2D eigenvalue weighted by Crippen LogP contribution is -2.28. The monoisotopic (exact) mass is 348 g/mol. The molecule has 0 fully saturated rings. The summed E-state index contributed by atoms with van der Waals surface area (Å²) in [4.78, 5) is 2.44. The second kappa shape index (κ2) is 7.99. The Morgan fingerprint density at radius 2 is 1.84 bits per heavy atom. The number of hydrogen-bond acceptors (Lipinski definition) is 4. The zero-order valence-corrected chi connectivity index (χ0v) is 13.8. The molecule has 0 spiro atoms. The minimum Gasteiger partial charge on any atom is -0.320 e. The van der Waals surface area contributed by atoms with Crippen molar-refractivity contribution < 1.29 is 8.42 Å². The van der Waals surface area contributed by atoms with E-state index in [1.807, 2.05) is 19.0 Å². The maximum absolute atomic E-state index is 12.1. The normalized spacial score (nSPS) is 12.0. The Morgan fingerprint density at radius 3 is 2.42 bits per heavy atom. The predicted octanol–water partition coefficient (Wildman–Crippen LogP) is 1.76. The van der Waals surface area contributed by atoms with E-state index in [9.17, 15) is 8.42 Å². The van der Waals surface area contributed by atoms with Gasteiger partial charge < -0.3 is 10.2 Å². The van der Waals surface area contributed by atoms with Crippen LogP contribution in [-0.4, -0.2) is 52.8 Å². The number of nitrogens with one attached hydrogen (secondary N) is 1. The quantitative estimate of drug-likeness (QED) is 0.727. The van der Waals surface area contributed by atoms with Crippen LogP contribution in [0.25, 0.3) is 0 Å². The second-order valence-corrected chi connectivity index (χ2v) is 7.56. The fourth-order valence-corrected chi connectivity index (χ4v) is 3.28. The van der Waals surface area contributed by atoms with Gasteiger partial charge in [-0.1, -0.05) is 15.9 Å². The molecule has 0 saturated heterocycles. The van der Waals surface area contributed by atoms with Crippen molar-refractivity contribution in [1.29, 1.82) is 0 Å². The van der Waals surface area contributed by atoms with Crippen LogP contribution in [0.4, 0.5) is 0 Å². The molecular formula is C13H21BrN2O2S. The molecule has 0 aliphatic carbocycles. The van der Waals surface area contributed by atoms with Gasteiger partial charge in [-0.2, -0.15) is 0 Å². The van der Waals surface area contributed by atoms with E-state index in [1.165, 1.54) is 0 Å². The van der Waals surface area contributed by atoms with Crippen molar-refractivity contribution in [2.45, 2.75) is 11.3 Å². The van der Waals surface area contributed by atoms with E-state index in [1.54, 1.807) is 24.3 Å². The molecule has 1 aromatic carbocycles. The van der Waals surface area contributed by atoms with Gasteiger partial charge in [0, 0.05) is 11.0 Å². The highest BCUT2D eigenvalue weighted by molar-refractivity contribution is 9.10. The minimum absolute atomic E-state index is 0.157. The second-order valence-electron chi connectivity index (χ2n) is 4.53. The van der Waals surface area contributed by atoms with Crippen LogP contribution < -0.4 is 5.32 Å². The van der Waals surface area contributed by atoms with E-state index >= 15 is 0 Å². The largest absolute Gasteiger partial charge is 0.320 e. The Labute approximate surface area is 124 Å². The van der Waals surface area contributed by atoms with Crippen molar-refractivity contribution in [3.8, 4) is 0 Å². The molecule has 108 valence electrons. The van der Waals surface area contributed by atoms with Gasteiger partial charge >= 0.3 is 0 Å². The van der Waals surface area contributed by atoms with E-state index in [0.29, 0.717) is 11.4 Å². The van der Waals surface area contributed by atoms with Gasteiger partial charge in [0.1, 0.15) is 0 Å². The molecule has 1 rings (SSSR count). The highest BCUT2D eigenvalue weighted by atomic mass is 79.9. The molecule has 0 aliphatic rings. The third-order valence-electron chi connectivity index (χ3n) is 2.88. The smallest absolute Gasteiger partial charge is 0.179 e. The summed E-state index contributed by atoms with van der Waals surface area (Å²) in [5.74, 6) is 0.157. The molecule has 1 aromatic rings. The van der Waals surface area contributed by atoms with Crippen molar-refractivity contribution >= 4 is 25.8 Å². The number of rotatable bonds is 8. The van der Waals surface area contributed by atoms with Crippen molar-refractivity contribution in [3.63, 3.8) is 0 Å². The average Bonchev–Trinajstić information content (AvgIpc) is 2.37. The molecule has 0 radical (unpaired) electrons. The molecule has 0 bridgehead atoms. The van der Waals surface area contributed by atoms with Crippen molar-refractivity contribution in [3.05, 3.63) is 28.7 Å². The first-order valence-electron chi connectivity index (χ1n) is 6.27. The van der Waals surface area contributed by atoms with Crippen LogP contribution in [0.5, 0.6) is 0 Å². The summed E-state index contributed by atoms with van der Waals surface area (Å²) in [6, 6.07) is 6.79. The molecular weight excluding hydrogens is 328 g/mol. The van der Waals surface area contributed by atoms with Crippen LogP contribution in [0, 0.1) is 0 Å². The van der Waals surface area contributed by atoms with Crippen LogP contribution in [0.2, 0.25) is 0 Å². The summed E-state index contributed by atoms with van der Waals surface area (Å²) in [5.41, 5.74) is 0. The summed E-state index contributed by atoms with van der Waals surface area (Å²) in [5, 5.41) is 3.08. The Bertz CT molecular complexity index is 474. The Morgan fingerprint density at radius 1 is 1.21 bits per heavy atom. The third kappa shape index (κ3) is 6.03. The van der Waals surface area contributed by atoms with Crippen molar-refractivity contribution in [1.82, 2.24) is 10.2 Å². The van der Waals surface area contributed by atoms with Gasteiger partial charge in [0.25, 0.3) is 0 Å². The summed E-state index contributed by atoms with van der Waals surface area (Å²) in [6.45, 7) is 2.41. The number of halogens is 1. The van der Waals surface area contributed by atoms with Crippen LogP contribution in [-0.2, 0) is 9.84 Å². The van der Waals surface area contributed by atoms with Gasteiger partial charge in [-0.3, -0.25) is 0 Å². The number of benzene rings is 1. The van der Waals surface area contributed by atoms with Gasteiger partial charge in [-0.25, -0.2) is 8.42 Å². The Balaban J connectivity index is 2.49. The van der Waals surface area contributed by atoms with E-state index in [-0.39, 0.29) is 5.75 Å². The Hall–Kier alpha value is -0.430. The molecule has 0 atom stereocenters. The predicted molar refractivity (Wildman–Crippen MR) is 82.2 cm³/mol. The average molecular weight is 349 g/mol. The Kier molecular flexibility index (Phi) is 6.99. The van der Waals surface area contributed by atoms with Gasteiger partial charge in [0.05, 0.1) is 10.6 Å². The summed E-state index contributed by atoms with van der Waals surface area (Å²) in [6.07, 6.45) is 1.02. The zero-order chi connectivity index (χ0) is 14.3. The lowest BCUT2D eigenvalue weighted by Gasteiger charge is -2.16. The third-order valence-corrected chi connectivity index (χ3v) is 5.12. The summed E-state index contributed by atoms with van der Waals surface area (Å²) < 4.78 is 25.1. The van der Waals surface area contributed by atoms with Crippen LogP contribution >= 0.6 is 15.9 Å². The van der Waals surface area contributed by atoms with Gasteiger partial charge in [-0.05, 0) is 57.9 Å². The molecule has 0 aromatic heterocycles. The number of nitrogens with zero attached hydrogens (tertiary/aromatic N) is 1. The topological polar surface area (TPSA) is 49.4 Å². The van der Waals surface area contributed by atoms with E-state index in [0.717, 1.165) is 24.0 Å². The van der Waals surface area contributed by atoms with Crippen LogP contribution in [0.15, 0.2) is 33.6 Å². The fourth-order valence-electron chi connectivity index (χ4n) is 1.67. The first-order valence-corrected chi connectivity index (χ1v) is 8.71. The first kappa shape index (κ1) is 16.6. The molecule has 0 saturated carbocycles. The molecule has 0 aliphatic heterocycles. The maximum Gasteiger partial charge on any atom is 0.179 e. The van der Waals surface area contributed by atoms with E-state index < -0.39 is 9.84 Å². The molecule has 0 heterocycles. The lowest BCUT2D eigenvalue weighted by atomic mass is 10.4. The zero-order valence-electron chi connectivity index (χ0n) is 11.4. The number of hydrogen-bond donors (Lipinski definition) is 1. The SMILES string of the molecule is CNCCCN(C)CCS(=O)(=O)c1ccc(Br)cc1. The number of sulfone groups is 1. The molecule has 4 nitrogen and oxygen atoms in total. The van der Waals surface area contributed by atoms with Gasteiger partial charge in [-0.15, -0.1) is 0 Å². The first-order chi connectivity index (χ1) is 8.95. The highest BCUT2D eigenvalue weighted by Gasteiger charge is 2.14. The van der Waals surface area contributed by atoms with E-state index in [4.69, 9.17) is 0 Å². The van der Waals surface area contributed by atoms with Crippen molar-refractivity contribution in [2.24, 2.45) is 0 Å². The lowest BCUT2D eigenvalue weighted by molar-refractivity contribution is 0.346. The highest BCUT2D eigenvalue weighted by Crippen LogP contribution is 2.15. The summed E-state index contributed by atoms with van der Waals surface area (Å²) in [7, 11) is 0.685. The van der Waals surface area contributed by atoms with Gasteiger partial charge in [0.15, 0.2) is 9.84 Å². The standard InChI is InChI=1S/C13H21BrN2O2S/c1-15-8-3-9-16(2)10-11-19(17,18)13-6-4-12(14)5-7-13/h4-7,15H,3,8-11H2,1-2H3. The van der Waals surface area contributed by atoms with Crippen LogP contribution in [0.1, 0.15) is 6.42 Å². The van der Waals surface area contributed by atoms with Crippen LogP contribution in [0.3, 0.4) is 0 Å². The minimum atomic E-state index is -3.18. The van der Waals surface area contributed by atoms with Gasteiger partial charge in [0.2, 0.25) is 0 Å². The molecule has 1 N–H and O–H groups in total. The molecule has 19 heavy (non-hydrogen) atoms. The van der Waals surface area contributed by atoms with E-state index in [2.05, 4.69) is 21.2 Å². The maximum atomic E-state index is 12.1.